The Hall–Kier alpha value is -1.36. The number of amides is 2. The van der Waals surface area contributed by atoms with Gasteiger partial charge in [-0.25, -0.2) is 0 Å². The molecule has 23 heavy (non-hydrogen) atoms. The highest BCUT2D eigenvalue weighted by atomic mass is 79.9. The maximum absolute atomic E-state index is 12.8. The molecule has 1 aliphatic rings. The predicted molar refractivity (Wildman–Crippen MR) is 96.3 cm³/mol. The summed E-state index contributed by atoms with van der Waals surface area (Å²) in [5.41, 5.74) is 0.982. The Morgan fingerprint density at radius 2 is 1.83 bits per heavy atom. The zero-order valence-electron chi connectivity index (χ0n) is 14.1. The number of carbonyl (C=O) groups is 2. The summed E-state index contributed by atoms with van der Waals surface area (Å²) >= 11 is 3.47. The minimum absolute atomic E-state index is 0.0121. The van der Waals surface area contributed by atoms with Gasteiger partial charge >= 0.3 is 0 Å². The van der Waals surface area contributed by atoms with Crippen LogP contribution in [0.2, 0.25) is 0 Å². The van der Waals surface area contributed by atoms with Crippen LogP contribution in [0.5, 0.6) is 0 Å². The molecule has 1 aromatic rings. The van der Waals surface area contributed by atoms with Crippen LogP contribution < -0.4 is 5.32 Å². The summed E-state index contributed by atoms with van der Waals surface area (Å²) in [6.45, 7) is 7.54. The molecule has 1 N–H and O–H groups in total. The van der Waals surface area contributed by atoms with Crippen molar-refractivity contribution in [2.75, 3.05) is 18.4 Å². The topological polar surface area (TPSA) is 49.4 Å². The van der Waals surface area contributed by atoms with Crippen molar-refractivity contribution in [1.29, 1.82) is 0 Å². The highest BCUT2D eigenvalue weighted by Gasteiger charge is 2.57. The molecule has 0 heterocycles. The molecular weight excluding hydrogens is 356 g/mol. The van der Waals surface area contributed by atoms with Crippen molar-refractivity contribution in [1.82, 2.24) is 4.90 Å². The minimum Gasteiger partial charge on any atom is -0.342 e. The van der Waals surface area contributed by atoms with Crippen LogP contribution >= 0.6 is 15.9 Å². The third kappa shape index (κ3) is 3.94. The third-order valence-corrected chi connectivity index (χ3v) is 4.90. The predicted octanol–water partition coefficient (Wildman–Crippen LogP) is 4.12. The Labute approximate surface area is 146 Å². The Morgan fingerprint density at radius 1 is 1.22 bits per heavy atom. The lowest BCUT2D eigenvalue weighted by Gasteiger charge is -2.26. The Balaban J connectivity index is 2.12. The number of anilines is 1. The van der Waals surface area contributed by atoms with Crippen LogP contribution in [0.15, 0.2) is 22.7 Å². The first-order chi connectivity index (χ1) is 10.9. The Bertz CT molecular complexity index is 591. The van der Waals surface area contributed by atoms with Crippen LogP contribution in [0.3, 0.4) is 0 Å². The van der Waals surface area contributed by atoms with Gasteiger partial charge in [-0.05, 0) is 66.2 Å². The average molecular weight is 381 g/mol. The lowest BCUT2D eigenvalue weighted by atomic mass is 10.0. The highest BCUT2D eigenvalue weighted by molar-refractivity contribution is 9.10. The van der Waals surface area contributed by atoms with E-state index in [9.17, 15) is 9.59 Å². The molecule has 0 atom stereocenters. The smallest absolute Gasteiger partial charge is 0.240 e. The van der Waals surface area contributed by atoms with Gasteiger partial charge in [0.2, 0.25) is 11.8 Å². The number of nitrogens with one attached hydrogen (secondary N) is 1. The molecule has 5 heteroatoms. The van der Waals surface area contributed by atoms with Crippen molar-refractivity contribution in [2.24, 2.45) is 5.41 Å². The number of halogens is 1. The molecule has 0 aliphatic heterocycles. The quantitative estimate of drug-likeness (QED) is 0.723. The van der Waals surface area contributed by atoms with E-state index in [1.165, 1.54) is 0 Å². The van der Waals surface area contributed by atoms with E-state index in [2.05, 4.69) is 35.1 Å². The van der Waals surface area contributed by atoms with E-state index in [0.29, 0.717) is 12.8 Å². The lowest BCUT2D eigenvalue weighted by molar-refractivity contribution is -0.142. The van der Waals surface area contributed by atoms with Crippen molar-refractivity contribution in [3.8, 4) is 0 Å². The number of hydrogen-bond acceptors (Lipinski definition) is 2. The summed E-state index contributed by atoms with van der Waals surface area (Å²) in [6.07, 6.45) is 3.11. The van der Waals surface area contributed by atoms with Gasteiger partial charge in [0, 0.05) is 17.6 Å². The molecule has 1 aliphatic carbocycles. The van der Waals surface area contributed by atoms with Crippen molar-refractivity contribution in [3.63, 3.8) is 0 Å². The molecule has 4 nitrogen and oxygen atoms in total. The highest BCUT2D eigenvalue weighted by Crippen LogP contribution is 2.48. The second-order valence-electron chi connectivity index (χ2n) is 6.31. The molecule has 0 saturated heterocycles. The van der Waals surface area contributed by atoms with E-state index in [4.69, 9.17) is 0 Å². The van der Waals surface area contributed by atoms with E-state index < -0.39 is 5.41 Å². The van der Waals surface area contributed by atoms with E-state index >= 15 is 0 Å². The molecule has 1 saturated carbocycles. The maximum Gasteiger partial charge on any atom is 0.240 e. The van der Waals surface area contributed by atoms with Gasteiger partial charge in [-0.3, -0.25) is 9.59 Å². The van der Waals surface area contributed by atoms with Gasteiger partial charge in [0.15, 0.2) is 0 Å². The summed E-state index contributed by atoms with van der Waals surface area (Å²) in [5, 5.41) is 2.93. The van der Waals surface area contributed by atoms with E-state index in [1.54, 1.807) is 0 Å². The van der Waals surface area contributed by atoms with E-state index in [0.717, 1.165) is 41.7 Å². The number of rotatable bonds is 7. The van der Waals surface area contributed by atoms with Crippen molar-refractivity contribution >= 4 is 33.4 Å². The first kappa shape index (κ1) is 18.0. The molecule has 1 aromatic carbocycles. The summed E-state index contributed by atoms with van der Waals surface area (Å²) in [5.74, 6) is -0.189. The van der Waals surface area contributed by atoms with Crippen molar-refractivity contribution in [2.45, 2.75) is 46.5 Å². The monoisotopic (exact) mass is 380 g/mol. The summed E-state index contributed by atoms with van der Waals surface area (Å²) in [7, 11) is 0. The van der Waals surface area contributed by atoms with Crippen LogP contribution in [0, 0.1) is 12.3 Å². The normalized spacial score (nSPS) is 15.1. The van der Waals surface area contributed by atoms with Gasteiger partial charge in [0.05, 0.1) is 5.69 Å². The molecular formula is C18H25BrN2O2. The molecule has 0 spiro atoms. The fraction of sp³-hybridized carbons (Fsp3) is 0.556. The van der Waals surface area contributed by atoms with Crippen molar-refractivity contribution < 1.29 is 9.59 Å². The Morgan fingerprint density at radius 3 is 2.30 bits per heavy atom. The standard InChI is InChI=1S/C18H25BrN2O2/c1-4-10-21(11-5-2)17(23)18(8-9-18)16(22)20-15-7-6-13(3)12-14(15)19/h6-7,12H,4-5,8-11H2,1-3H3,(H,20,22). The molecule has 0 aromatic heterocycles. The van der Waals surface area contributed by atoms with Crippen molar-refractivity contribution in [3.05, 3.63) is 28.2 Å². The molecule has 1 fully saturated rings. The first-order valence-electron chi connectivity index (χ1n) is 8.31. The molecule has 126 valence electrons. The second-order valence-corrected chi connectivity index (χ2v) is 7.17. The van der Waals surface area contributed by atoms with Crippen LogP contribution in [0.4, 0.5) is 5.69 Å². The van der Waals surface area contributed by atoms with Gasteiger partial charge in [0.25, 0.3) is 0 Å². The van der Waals surface area contributed by atoms with Crippen LogP contribution in [0.25, 0.3) is 0 Å². The van der Waals surface area contributed by atoms with E-state index in [-0.39, 0.29) is 11.8 Å². The first-order valence-corrected chi connectivity index (χ1v) is 9.11. The number of nitrogens with zero attached hydrogens (tertiary/aromatic N) is 1. The van der Waals surface area contributed by atoms with Crippen LogP contribution in [0.1, 0.15) is 45.1 Å². The molecule has 0 bridgehead atoms. The van der Waals surface area contributed by atoms with Gasteiger partial charge in [0.1, 0.15) is 5.41 Å². The molecule has 0 radical (unpaired) electrons. The summed E-state index contributed by atoms with van der Waals surface area (Å²) in [6, 6.07) is 5.77. The van der Waals surface area contributed by atoms with Gasteiger partial charge in [-0.15, -0.1) is 0 Å². The van der Waals surface area contributed by atoms with E-state index in [1.807, 2.05) is 30.0 Å². The Kier molecular flexibility index (Phi) is 5.84. The molecule has 2 amide bonds. The lowest BCUT2D eigenvalue weighted by Crippen LogP contribution is -2.43. The van der Waals surface area contributed by atoms with Gasteiger partial charge in [-0.1, -0.05) is 19.9 Å². The third-order valence-electron chi connectivity index (χ3n) is 4.24. The molecule has 0 unspecified atom stereocenters. The van der Waals surface area contributed by atoms with Gasteiger partial charge < -0.3 is 10.2 Å². The zero-order chi connectivity index (χ0) is 17.0. The number of benzene rings is 1. The molecule has 2 rings (SSSR count). The zero-order valence-corrected chi connectivity index (χ0v) is 15.7. The SMILES string of the molecule is CCCN(CCC)C(=O)C1(C(=O)Nc2ccc(C)cc2Br)CC1. The number of hydrogen-bond donors (Lipinski definition) is 1. The maximum atomic E-state index is 12.8. The summed E-state index contributed by atoms with van der Waals surface area (Å²) < 4.78 is 0.841. The minimum atomic E-state index is -0.853. The number of carbonyl (C=O) groups excluding carboxylic acids is 2. The second kappa shape index (κ2) is 7.47. The van der Waals surface area contributed by atoms with Gasteiger partial charge in [-0.2, -0.15) is 0 Å². The van der Waals surface area contributed by atoms with Crippen LogP contribution in [-0.4, -0.2) is 29.8 Å². The average Bonchev–Trinajstić information content (AvgIpc) is 3.31. The largest absolute Gasteiger partial charge is 0.342 e. The fourth-order valence-electron chi connectivity index (χ4n) is 2.78. The number of aryl methyl sites for hydroxylation is 1. The summed E-state index contributed by atoms with van der Waals surface area (Å²) in [4.78, 5) is 27.4. The fourth-order valence-corrected chi connectivity index (χ4v) is 3.38. The van der Waals surface area contributed by atoms with Crippen LogP contribution in [-0.2, 0) is 9.59 Å².